The van der Waals surface area contributed by atoms with Gasteiger partial charge in [-0.05, 0) is 57.9 Å². The van der Waals surface area contributed by atoms with Crippen molar-refractivity contribution in [3.63, 3.8) is 0 Å². The van der Waals surface area contributed by atoms with Crippen molar-refractivity contribution < 1.29 is 0 Å². The fourth-order valence-corrected chi connectivity index (χ4v) is 5.18. The second-order valence-electron chi connectivity index (χ2n) is 7.36. The summed E-state index contributed by atoms with van der Waals surface area (Å²) in [6, 6.07) is 26.8. The van der Waals surface area contributed by atoms with Crippen LogP contribution in [0.5, 0.6) is 0 Å². The zero-order valence-corrected chi connectivity index (χ0v) is 15.6. The predicted molar refractivity (Wildman–Crippen MR) is 115 cm³/mol. The topological polar surface area (TPSA) is 0 Å². The van der Waals surface area contributed by atoms with Crippen LogP contribution in [0, 0.1) is 0 Å². The second kappa shape index (κ2) is 5.96. The Hall–Kier alpha value is -3.12. The lowest BCUT2D eigenvalue weighted by Gasteiger charge is -2.32. The molecule has 2 aliphatic rings. The Kier molecular flexibility index (Phi) is 3.55. The molecule has 3 aromatic carbocycles. The molecule has 0 radical (unpaired) electrons. The first-order chi connectivity index (χ1) is 13.3. The Morgan fingerprint density at radius 3 is 1.78 bits per heavy atom. The molecule has 0 heteroatoms. The summed E-state index contributed by atoms with van der Waals surface area (Å²) < 4.78 is 0. The predicted octanol–water partition coefficient (Wildman–Crippen LogP) is 6.92. The molecule has 0 nitrogen and oxygen atoms in total. The van der Waals surface area contributed by atoms with E-state index in [0.29, 0.717) is 0 Å². The molecule has 0 bridgehead atoms. The summed E-state index contributed by atoms with van der Waals surface area (Å²) >= 11 is 0. The van der Waals surface area contributed by atoms with Gasteiger partial charge < -0.3 is 0 Å². The maximum absolute atomic E-state index is 3.84. The third kappa shape index (κ3) is 1.99. The average molecular weight is 346 g/mol. The maximum Gasteiger partial charge on any atom is 0.0688 e. The van der Waals surface area contributed by atoms with Gasteiger partial charge in [0.15, 0.2) is 0 Å². The van der Waals surface area contributed by atoms with E-state index in [0.717, 1.165) is 6.42 Å². The number of benzene rings is 3. The number of allylic oxidation sites excluding steroid dienone is 5. The molecule has 0 unspecified atom stereocenters. The Morgan fingerprint density at radius 1 is 0.741 bits per heavy atom. The first kappa shape index (κ1) is 16.1. The van der Waals surface area contributed by atoms with E-state index in [1.54, 1.807) is 0 Å². The minimum atomic E-state index is -0.181. The van der Waals surface area contributed by atoms with Crippen molar-refractivity contribution in [1.82, 2.24) is 0 Å². The Bertz CT molecular complexity index is 1080. The summed E-state index contributed by atoms with van der Waals surface area (Å²) in [4.78, 5) is 0. The smallest absolute Gasteiger partial charge is 0.0688 e. The Labute approximate surface area is 161 Å². The van der Waals surface area contributed by atoms with Gasteiger partial charge in [0.1, 0.15) is 0 Å². The van der Waals surface area contributed by atoms with Crippen molar-refractivity contribution in [2.75, 3.05) is 0 Å². The van der Waals surface area contributed by atoms with E-state index in [1.165, 1.54) is 44.5 Å². The van der Waals surface area contributed by atoms with E-state index in [9.17, 15) is 0 Å². The fourth-order valence-electron chi connectivity index (χ4n) is 5.18. The zero-order chi connectivity index (χ0) is 18.4. The minimum absolute atomic E-state index is 0.181. The molecule has 0 saturated carbocycles. The molecule has 0 fully saturated rings. The molecular formula is C27H22. The SMILES string of the molecule is C=CC=CCC1=C(C)c2ccccc2C12c1ccccc1-c1ccccc12. The van der Waals surface area contributed by atoms with Gasteiger partial charge in [0, 0.05) is 0 Å². The molecule has 0 amide bonds. The molecule has 1 spiro atoms. The van der Waals surface area contributed by atoms with E-state index in [1.807, 2.05) is 6.08 Å². The van der Waals surface area contributed by atoms with Crippen LogP contribution in [0.1, 0.15) is 35.6 Å². The van der Waals surface area contributed by atoms with Crippen LogP contribution in [0.4, 0.5) is 0 Å². The molecule has 130 valence electrons. The quantitative estimate of drug-likeness (QED) is 0.451. The summed E-state index contributed by atoms with van der Waals surface area (Å²) in [5.74, 6) is 0. The van der Waals surface area contributed by atoms with Gasteiger partial charge in [-0.2, -0.15) is 0 Å². The largest absolute Gasteiger partial charge is 0.0991 e. The lowest BCUT2D eigenvalue weighted by Crippen LogP contribution is -2.27. The highest BCUT2D eigenvalue weighted by Gasteiger charge is 2.51. The highest BCUT2D eigenvalue weighted by Crippen LogP contribution is 2.62. The van der Waals surface area contributed by atoms with Crippen LogP contribution in [0.2, 0.25) is 0 Å². The molecule has 0 saturated heterocycles. The monoisotopic (exact) mass is 346 g/mol. The molecule has 27 heavy (non-hydrogen) atoms. The molecule has 0 N–H and O–H groups in total. The number of hydrogen-bond donors (Lipinski definition) is 0. The van der Waals surface area contributed by atoms with Gasteiger partial charge in [-0.25, -0.2) is 0 Å². The molecular weight excluding hydrogens is 324 g/mol. The molecule has 3 aromatic rings. The third-order valence-corrected chi connectivity index (χ3v) is 6.19. The second-order valence-corrected chi connectivity index (χ2v) is 7.36. The van der Waals surface area contributed by atoms with Crippen LogP contribution in [-0.2, 0) is 5.41 Å². The average Bonchev–Trinajstić information content (AvgIpc) is 3.15. The summed E-state index contributed by atoms with van der Waals surface area (Å²) in [6.45, 7) is 6.13. The standard InChI is InChI=1S/C27H22/c1-3-4-5-15-23-19(2)20-12-6-9-16-24(20)27(23)25-17-10-7-13-21(25)22-14-8-11-18-26(22)27/h3-14,16-18H,1,15H2,2H3. The van der Waals surface area contributed by atoms with Crippen LogP contribution in [0.3, 0.4) is 0 Å². The van der Waals surface area contributed by atoms with Crippen molar-refractivity contribution in [2.24, 2.45) is 0 Å². The van der Waals surface area contributed by atoms with Gasteiger partial charge in [-0.15, -0.1) is 0 Å². The summed E-state index contributed by atoms with van der Waals surface area (Å²) in [5, 5.41) is 0. The van der Waals surface area contributed by atoms with Gasteiger partial charge >= 0.3 is 0 Å². The highest BCUT2D eigenvalue weighted by molar-refractivity contribution is 5.93. The minimum Gasteiger partial charge on any atom is -0.0991 e. The van der Waals surface area contributed by atoms with Crippen LogP contribution < -0.4 is 0 Å². The first-order valence-corrected chi connectivity index (χ1v) is 9.57. The van der Waals surface area contributed by atoms with Crippen molar-refractivity contribution in [3.05, 3.63) is 125 Å². The van der Waals surface area contributed by atoms with Crippen molar-refractivity contribution in [2.45, 2.75) is 18.8 Å². The molecule has 0 aromatic heterocycles. The van der Waals surface area contributed by atoms with Crippen molar-refractivity contribution in [1.29, 1.82) is 0 Å². The third-order valence-electron chi connectivity index (χ3n) is 6.19. The van der Waals surface area contributed by atoms with Crippen molar-refractivity contribution >= 4 is 5.57 Å². The highest BCUT2D eigenvalue weighted by atomic mass is 14.5. The number of hydrogen-bond acceptors (Lipinski definition) is 0. The summed E-state index contributed by atoms with van der Waals surface area (Å²) in [7, 11) is 0. The first-order valence-electron chi connectivity index (χ1n) is 9.57. The van der Waals surface area contributed by atoms with Gasteiger partial charge in [0.05, 0.1) is 5.41 Å². The zero-order valence-electron chi connectivity index (χ0n) is 15.6. The Balaban J connectivity index is 1.91. The van der Waals surface area contributed by atoms with E-state index >= 15 is 0 Å². The number of rotatable bonds is 3. The van der Waals surface area contributed by atoms with E-state index in [4.69, 9.17) is 0 Å². The lowest BCUT2D eigenvalue weighted by atomic mass is 9.69. The van der Waals surface area contributed by atoms with Gasteiger partial charge in [-0.3, -0.25) is 0 Å². The van der Waals surface area contributed by atoms with E-state index < -0.39 is 0 Å². The normalized spacial score (nSPS) is 15.9. The van der Waals surface area contributed by atoms with E-state index in [-0.39, 0.29) is 5.41 Å². The number of fused-ring (bicyclic) bond motifs is 7. The van der Waals surface area contributed by atoms with Gasteiger partial charge in [0.25, 0.3) is 0 Å². The van der Waals surface area contributed by atoms with Crippen molar-refractivity contribution in [3.8, 4) is 11.1 Å². The molecule has 0 heterocycles. The van der Waals surface area contributed by atoms with Crippen LogP contribution >= 0.6 is 0 Å². The van der Waals surface area contributed by atoms with Gasteiger partial charge in [-0.1, -0.05) is 97.6 Å². The summed E-state index contributed by atoms with van der Waals surface area (Å²) in [5.41, 5.74) is 11.1. The fraction of sp³-hybridized carbons (Fsp3) is 0.111. The summed E-state index contributed by atoms with van der Waals surface area (Å²) in [6.07, 6.45) is 7.09. The van der Waals surface area contributed by atoms with Crippen LogP contribution in [-0.4, -0.2) is 0 Å². The van der Waals surface area contributed by atoms with Gasteiger partial charge in [0.2, 0.25) is 0 Å². The molecule has 2 aliphatic carbocycles. The molecule has 5 rings (SSSR count). The lowest BCUT2D eigenvalue weighted by molar-refractivity contribution is 0.746. The molecule has 0 atom stereocenters. The van der Waals surface area contributed by atoms with Crippen LogP contribution in [0.25, 0.3) is 16.7 Å². The Morgan fingerprint density at radius 2 is 1.22 bits per heavy atom. The maximum atomic E-state index is 3.84. The van der Waals surface area contributed by atoms with E-state index in [2.05, 4.69) is 98.5 Å². The van der Waals surface area contributed by atoms with Crippen LogP contribution in [0.15, 0.2) is 103 Å². The molecule has 0 aliphatic heterocycles.